The van der Waals surface area contributed by atoms with Gasteiger partial charge in [-0.05, 0) is 30.5 Å². The third-order valence-corrected chi connectivity index (χ3v) is 3.60. The molecule has 0 saturated carbocycles. The Morgan fingerprint density at radius 2 is 2.20 bits per heavy atom. The van der Waals surface area contributed by atoms with Gasteiger partial charge in [-0.25, -0.2) is 4.98 Å². The number of pyridine rings is 1. The van der Waals surface area contributed by atoms with Gasteiger partial charge < -0.3 is 15.6 Å². The zero-order valence-corrected chi connectivity index (χ0v) is 12.1. The Hall–Kier alpha value is -1.88. The second-order valence-electron chi connectivity index (χ2n) is 4.94. The van der Waals surface area contributed by atoms with Crippen molar-refractivity contribution in [3.05, 3.63) is 30.1 Å². The molecule has 2 rings (SSSR count). The number of hydrogen-bond acceptors (Lipinski definition) is 3. The first-order chi connectivity index (χ1) is 9.69. The van der Waals surface area contributed by atoms with Gasteiger partial charge in [-0.2, -0.15) is 0 Å². The number of amides is 1. The zero-order valence-electron chi connectivity index (χ0n) is 12.1. The molecule has 3 N–H and O–H groups in total. The average molecular weight is 274 g/mol. The van der Waals surface area contributed by atoms with Gasteiger partial charge in [-0.1, -0.05) is 13.8 Å². The van der Waals surface area contributed by atoms with E-state index < -0.39 is 0 Å². The maximum atomic E-state index is 12.1. The molecule has 108 valence electrons. The van der Waals surface area contributed by atoms with Crippen LogP contribution in [-0.4, -0.2) is 21.5 Å². The second kappa shape index (κ2) is 6.52. The fraction of sp³-hybridized carbons (Fsp3) is 0.467. The molecular weight excluding hydrogens is 252 g/mol. The Kier molecular flexibility index (Phi) is 4.74. The third-order valence-electron chi connectivity index (χ3n) is 3.60. The molecule has 0 radical (unpaired) electrons. The number of nitrogens with one attached hydrogen (secondary N) is 1. The lowest BCUT2D eigenvalue weighted by Crippen LogP contribution is -2.36. The van der Waals surface area contributed by atoms with Crippen LogP contribution in [0.4, 0.5) is 0 Å². The predicted molar refractivity (Wildman–Crippen MR) is 80.1 cm³/mol. The average Bonchev–Trinajstić information content (AvgIpc) is 2.83. The molecule has 0 spiro atoms. The van der Waals surface area contributed by atoms with E-state index in [2.05, 4.69) is 24.1 Å². The van der Waals surface area contributed by atoms with E-state index in [4.69, 9.17) is 5.73 Å². The molecule has 2 heterocycles. The Balaban J connectivity index is 2.19. The summed E-state index contributed by atoms with van der Waals surface area (Å²) < 4.78 is 1.87. The maximum Gasteiger partial charge on any atom is 0.240 e. The van der Waals surface area contributed by atoms with Crippen molar-refractivity contribution in [2.75, 3.05) is 0 Å². The van der Waals surface area contributed by atoms with Gasteiger partial charge in [0.15, 0.2) is 0 Å². The quantitative estimate of drug-likeness (QED) is 0.843. The van der Waals surface area contributed by atoms with Crippen molar-refractivity contribution in [2.24, 2.45) is 5.73 Å². The van der Waals surface area contributed by atoms with Gasteiger partial charge in [0.2, 0.25) is 5.91 Å². The van der Waals surface area contributed by atoms with Crippen LogP contribution in [-0.2, 0) is 17.9 Å². The minimum atomic E-state index is 0.0184. The summed E-state index contributed by atoms with van der Waals surface area (Å²) >= 11 is 0. The molecule has 0 aliphatic heterocycles. The lowest BCUT2D eigenvalue weighted by atomic mass is 10.2. The number of aromatic nitrogens is 2. The standard InChI is InChI=1S/C15H22N4O/c1-3-12(4-2)18-14(20)10-19-9-11(8-16)13-6-5-7-17-15(13)19/h5-7,9,12H,3-4,8,10,16H2,1-2H3,(H,18,20). The first kappa shape index (κ1) is 14.5. The topological polar surface area (TPSA) is 72.9 Å². The molecule has 0 atom stereocenters. The van der Waals surface area contributed by atoms with Crippen LogP contribution in [0.25, 0.3) is 11.0 Å². The van der Waals surface area contributed by atoms with E-state index in [1.165, 1.54) is 0 Å². The molecule has 0 unspecified atom stereocenters. The highest BCUT2D eigenvalue weighted by Gasteiger charge is 2.13. The van der Waals surface area contributed by atoms with Crippen LogP contribution in [0.1, 0.15) is 32.3 Å². The van der Waals surface area contributed by atoms with Gasteiger partial charge in [0, 0.05) is 30.4 Å². The van der Waals surface area contributed by atoms with Crippen molar-refractivity contribution in [2.45, 2.75) is 45.8 Å². The molecule has 2 aromatic rings. The second-order valence-corrected chi connectivity index (χ2v) is 4.94. The van der Waals surface area contributed by atoms with Crippen molar-refractivity contribution in [1.82, 2.24) is 14.9 Å². The van der Waals surface area contributed by atoms with Gasteiger partial charge in [0.25, 0.3) is 0 Å². The number of rotatable bonds is 6. The number of nitrogens with zero attached hydrogens (tertiary/aromatic N) is 2. The van der Waals surface area contributed by atoms with E-state index in [0.29, 0.717) is 6.54 Å². The van der Waals surface area contributed by atoms with E-state index in [-0.39, 0.29) is 18.5 Å². The Labute approximate surface area is 119 Å². The first-order valence-electron chi connectivity index (χ1n) is 7.11. The zero-order chi connectivity index (χ0) is 14.5. The summed E-state index contributed by atoms with van der Waals surface area (Å²) in [4.78, 5) is 16.4. The van der Waals surface area contributed by atoms with Gasteiger partial charge in [0.05, 0.1) is 0 Å². The van der Waals surface area contributed by atoms with Crippen LogP contribution in [0, 0.1) is 0 Å². The number of fused-ring (bicyclic) bond motifs is 1. The summed E-state index contributed by atoms with van der Waals surface area (Å²) in [6.45, 7) is 4.88. The third kappa shape index (κ3) is 2.99. The lowest BCUT2D eigenvalue weighted by molar-refractivity contribution is -0.122. The molecule has 5 nitrogen and oxygen atoms in total. The van der Waals surface area contributed by atoms with E-state index >= 15 is 0 Å². The number of nitrogens with two attached hydrogens (primary N) is 1. The molecule has 0 aromatic carbocycles. The molecule has 0 bridgehead atoms. The summed E-state index contributed by atoms with van der Waals surface area (Å²) in [5.74, 6) is 0.0184. The van der Waals surface area contributed by atoms with Crippen LogP contribution in [0.15, 0.2) is 24.5 Å². The molecule has 0 aliphatic carbocycles. The van der Waals surface area contributed by atoms with Crippen LogP contribution in [0.2, 0.25) is 0 Å². The monoisotopic (exact) mass is 274 g/mol. The summed E-state index contributed by atoms with van der Waals surface area (Å²) in [6, 6.07) is 4.11. The van der Waals surface area contributed by atoms with E-state index in [9.17, 15) is 4.79 Å². The van der Waals surface area contributed by atoms with Crippen LogP contribution in [0.3, 0.4) is 0 Å². The van der Waals surface area contributed by atoms with Crippen molar-refractivity contribution in [1.29, 1.82) is 0 Å². The number of hydrogen-bond donors (Lipinski definition) is 2. The van der Waals surface area contributed by atoms with Gasteiger partial charge in [0.1, 0.15) is 12.2 Å². The van der Waals surface area contributed by atoms with Crippen molar-refractivity contribution < 1.29 is 4.79 Å². The molecule has 0 saturated heterocycles. The van der Waals surface area contributed by atoms with Gasteiger partial charge in [-0.15, -0.1) is 0 Å². The molecule has 1 amide bonds. The summed E-state index contributed by atoms with van der Waals surface area (Å²) in [5, 5.41) is 4.06. The minimum absolute atomic E-state index is 0.0184. The molecular formula is C15H22N4O. The molecule has 20 heavy (non-hydrogen) atoms. The maximum absolute atomic E-state index is 12.1. The van der Waals surface area contributed by atoms with Crippen LogP contribution >= 0.6 is 0 Å². The predicted octanol–water partition coefficient (Wildman–Crippen LogP) is 1.80. The molecule has 0 aliphatic rings. The Bertz CT molecular complexity index is 587. The van der Waals surface area contributed by atoms with E-state index in [0.717, 1.165) is 29.4 Å². The normalized spacial score (nSPS) is 11.2. The Morgan fingerprint density at radius 3 is 2.85 bits per heavy atom. The fourth-order valence-electron chi connectivity index (χ4n) is 2.40. The molecule has 2 aromatic heterocycles. The smallest absolute Gasteiger partial charge is 0.240 e. The van der Waals surface area contributed by atoms with Gasteiger partial charge in [-0.3, -0.25) is 4.79 Å². The SMILES string of the molecule is CCC(CC)NC(=O)Cn1cc(CN)c2cccnc21. The van der Waals surface area contributed by atoms with E-state index in [1.807, 2.05) is 22.9 Å². The van der Waals surface area contributed by atoms with Crippen molar-refractivity contribution >= 4 is 16.9 Å². The number of carbonyl (C=O) groups excluding carboxylic acids is 1. The van der Waals surface area contributed by atoms with Crippen LogP contribution < -0.4 is 11.1 Å². The highest BCUT2D eigenvalue weighted by atomic mass is 16.2. The summed E-state index contributed by atoms with van der Waals surface area (Å²) in [6.07, 6.45) is 5.55. The summed E-state index contributed by atoms with van der Waals surface area (Å²) in [5.41, 5.74) is 7.57. The highest BCUT2D eigenvalue weighted by molar-refractivity contribution is 5.83. The largest absolute Gasteiger partial charge is 0.352 e. The van der Waals surface area contributed by atoms with Gasteiger partial charge >= 0.3 is 0 Å². The Morgan fingerprint density at radius 1 is 1.45 bits per heavy atom. The summed E-state index contributed by atoms with van der Waals surface area (Å²) in [7, 11) is 0. The minimum Gasteiger partial charge on any atom is -0.352 e. The number of carbonyl (C=O) groups is 1. The van der Waals surface area contributed by atoms with E-state index in [1.54, 1.807) is 6.20 Å². The van der Waals surface area contributed by atoms with Crippen molar-refractivity contribution in [3.63, 3.8) is 0 Å². The lowest BCUT2D eigenvalue weighted by Gasteiger charge is -2.15. The molecule has 5 heteroatoms. The fourth-order valence-corrected chi connectivity index (χ4v) is 2.40. The highest BCUT2D eigenvalue weighted by Crippen LogP contribution is 2.18. The van der Waals surface area contributed by atoms with Crippen molar-refractivity contribution in [3.8, 4) is 0 Å². The molecule has 0 fully saturated rings. The van der Waals surface area contributed by atoms with Crippen LogP contribution in [0.5, 0.6) is 0 Å². The first-order valence-corrected chi connectivity index (χ1v) is 7.11.